The van der Waals surface area contributed by atoms with Crippen LogP contribution in [-0.4, -0.2) is 32.2 Å². The van der Waals surface area contributed by atoms with Crippen molar-refractivity contribution >= 4 is 18.3 Å². The molecule has 2 rings (SSSR count). The number of rotatable bonds is 8. The minimum atomic E-state index is -0.0684. The molecule has 1 aliphatic heterocycles. The lowest BCUT2D eigenvalue weighted by Crippen LogP contribution is -2.36. The Morgan fingerprint density at radius 2 is 2.00 bits per heavy atom. The number of carbonyl (C=O) groups is 1. The quantitative estimate of drug-likeness (QED) is 0.691. The summed E-state index contributed by atoms with van der Waals surface area (Å²) >= 11 is 0. The highest BCUT2D eigenvalue weighted by atomic mass is 35.5. The Morgan fingerprint density at radius 3 is 2.59 bits per heavy atom. The number of hydrogen-bond donors (Lipinski definition) is 2. The molecule has 3 unspecified atom stereocenters. The van der Waals surface area contributed by atoms with E-state index in [1.165, 1.54) is 12.8 Å². The Kier molecular flexibility index (Phi) is 9.95. The maximum atomic E-state index is 12.5. The average Bonchev–Trinajstić information content (AvgIpc) is 2.62. The summed E-state index contributed by atoms with van der Waals surface area (Å²) in [5.41, 5.74) is 1.01. The van der Waals surface area contributed by atoms with Crippen molar-refractivity contribution in [1.29, 1.82) is 0 Å². The third kappa shape index (κ3) is 7.23. The number of benzene rings is 1. The number of ether oxygens (including phenoxy) is 2. The molecule has 1 saturated heterocycles. The molecular formula is C21H35ClN2O3. The Bertz CT molecular complexity index is 589. The van der Waals surface area contributed by atoms with Crippen molar-refractivity contribution in [1.82, 2.24) is 10.6 Å². The van der Waals surface area contributed by atoms with Gasteiger partial charge in [-0.3, -0.25) is 4.79 Å². The maximum absolute atomic E-state index is 12.5. The van der Waals surface area contributed by atoms with Crippen LogP contribution in [0, 0.1) is 11.8 Å². The zero-order valence-corrected chi connectivity index (χ0v) is 18.0. The van der Waals surface area contributed by atoms with E-state index >= 15 is 0 Å². The molecule has 0 saturated carbocycles. The standard InChI is InChI=1S/C21H34N2O3.ClH/c1-14(2)26-19-9-8-17(12-20(19)25-5)16(4)23-21(24)11-15(3)18-7-6-10-22-13-18;/h8-9,12,14-16,18,22H,6-7,10-11,13H2,1-5H3,(H,23,24);1H. The first-order chi connectivity index (χ1) is 12.4. The molecule has 1 heterocycles. The molecule has 0 bridgehead atoms. The van der Waals surface area contributed by atoms with Crippen molar-refractivity contribution in [3.63, 3.8) is 0 Å². The summed E-state index contributed by atoms with van der Waals surface area (Å²) in [5.74, 6) is 2.52. The minimum absolute atomic E-state index is 0. The minimum Gasteiger partial charge on any atom is -0.493 e. The summed E-state index contributed by atoms with van der Waals surface area (Å²) in [6.07, 6.45) is 3.08. The van der Waals surface area contributed by atoms with Crippen LogP contribution in [0.1, 0.15) is 58.6 Å². The monoisotopic (exact) mass is 398 g/mol. The molecule has 6 heteroatoms. The van der Waals surface area contributed by atoms with Crippen LogP contribution in [0.5, 0.6) is 11.5 Å². The first-order valence-corrected chi connectivity index (χ1v) is 9.75. The largest absolute Gasteiger partial charge is 0.493 e. The fraction of sp³-hybridized carbons (Fsp3) is 0.667. The van der Waals surface area contributed by atoms with Crippen LogP contribution in [0.2, 0.25) is 0 Å². The van der Waals surface area contributed by atoms with E-state index in [-0.39, 0.29) is 30.5 Å². The highest BCUT2D eigenvalue weighted by Crippen LogP contribution is 2.31. The van der Waals surface area contributed by atoms with Gasteiger partial charge in [0.05, 0.1) is 19.3 Å². The number of hydrogen-bond acceptors (Lipinski definition) is 4. The van der Waals surface area contributed by atoms with E-state index in [0.29, 0.717) is 24.0 Å². The first-order valence-electron chi connectivity index (χ1n) is 9.75. The van der Waals surface area contributed by atoms with Crippen molar-refractivity contribution in [2.24, 2.45) is 11.8 Å². The third-order valence-electron chi connectivity index (χ3n) is 5.07. The van der Waals surface area contributed by atoms with Gasteiger partial charge in [-0.25, -0.2) is 0 Å². The van der Waals surface area contributed by atoms with Crippen molar-refractivity contribution in [2.45, 2.75) is 59.1 Å². The molecule has 154 valence electrons. The Balaban J connectivity index is 0.00000364. The zero-order chi connectivity index (χ0) is 19.1. The molecule has 1 amide bonds. The number of nitrogens with one attached hydrogen (secondary N) is 2. The van der Waals surface area contributed by atoms with Gasteiger partial charge in [0.1, 0.15) is 0 Å². The second-order valence-electron chi connectivity index (χ2n) is 7.65. The Hall–Kier alpha value is -1.46. The molecule has 1 aromatic carbocycles. The summed E-state index contributed by atoms with van der Waals surface area (Å²) in [7, 11) is 1.63. The predicted octanol–water partition coefficient (Wildman–Crippen LogP) is 4.11. The van der Waals surface area contributed by atoms with E-state index in [0.717, 1.165) is 24.4 Å². The molecule has 1 aliphatic rings. The molecule has 0 aromatic heterocycles. The zero-order valence-electron chi connectivity index (χ0n) is 17.2. The summed E-state index contributed by atoms with van der Waals surface area (Å²) in [6, 6.07) is 5.77. The molecule has 5 nitrogen and oxygen atoms in total. The SMILES string of the molecule is COc1cc(C(C)NC(=O)CC(C)C2CCCNC2)ccc1OC(C)C.Cl. The second-order valence-corrected chi connectivity index (χ2v) is 7.65. The Morgan fingerprint density at radius 1 is 1.26 bits per heavy atom. The molecule has 2 N–H and O–H groups in total. The fourth-order valence-corrected chi connectivity index (χ4v) is 3.51. The molecule has 0 aliphatic carbocycles. The van der Waals surface area contributed by atoms with E-state index in [4.69, 9.17) is 9.47 Å². The summed E-state index contributed by atoms with van der Waals surface area (Å²) in [6.45, 7) is 10.3. The molecule has 0 radical (unpaired) electrons. The van der Waals surface area contributed by atoms with Crippen LogP contribution in [0.3, 0.4) is 0 Å². The van der Waals surface area contributed by atoms with Gasteiger partial charge in [-0.15, -0.1) is 12.4 Å². The van der Waals surface area contributed by atoms with Gasteiger partial charge >= 0.3 is 0 Å². The summed E-state index contributed by atoms with van der Waals surface area (Å²) in [5, 5.41) is 6.55. The average molecular weight is 399 g/mol. The fourth-order valence-electron chi connectivity index (χ4n) is 3.51. The Labute approximate surface area is 170 Å². The van der Waals surface area contributed by atoms with Gasteiger partial charge in [0, 0.05) is 6.42 Å². The van der Waals surface area contributed by atoms with Gasteiger partial charge in [0.2, 0.25) is 5.91 Å². The van der Waals surface area contributed by atoms with Gasteiger partial charge in [-0.05, 0) is 76.2 Å². The lowest BCUT2D eigenvalue weighted by molar-refractivity contribution is -0.123. The van der Waals surface area contributed by atoms with Crippen LogP contribution >= 0.6 is 12.4 Å². The summed E-state index contributed by atoms with van der Waals surface area (Å²) in [4.78, 5) is 12.5. The second kappa shape index (κ2) is 11.4. The first kappa shape index (κ1) is 23.6. The lowest BCUT2D eigenvalue weighted by Gasteiger charge is -2.28. The van der Waals surface area contributed by atoms with Gasteiger partial charge in [-0.1, -0.05) is 13.0 Å². The number of methoxy groups -OCH3 is 1. The van der Waals surface area contributed by atoms with E-state index in [2.05, 4.69) is 17.6 Å². The van der Waals surface area contributed by atoms with Crippen LogP contribution < -0.4 is 20.1 Å². The van der Waals surface area contributed by atoms with Crippen LogP contribution in [-0.2, 0) is 4.79 Å². The predicted molar refractivity (Wildman–Crippen MR) is 112 cm³/mol. The molecule has 27 heavy (non-hydrogen) atoms. The third-order valence-corrected chi connectivity index (χ3v) is 5.07. The van der Waals surface area contributed by atoms with Gasteiger partial charge in [0.15, 0.2) is 11.5 Å². The van der Waals surface area contributed by atoms with Gasteiger partial charge in [-0.2, -0.15) is 0 Å². The topological polar surface area (TPSA) is 59.6 Å². The van der Waals surface area contributed by atoms with Gasteiger partial charge < -0.3 is 20.1 Å². The number of piperidine rings is 1. The smallest absolute Gasteiger partial charge is 0.220 e. The molecule has 3 atom stereocenters. The number of amides is 1. The van der Waals surface area contributed by atoms with Crippen LogP contribution in [0.15, 0.2) is 18.2 Å². The molecule has 1 aromatic rings. The lowest BCUT2D eigenvalue weighted by atomic mass is 9.85. The highest BCUT2D eigenvalue weighted by molar-refractivity contribution is 5.85. The molecule has 1 fully saturated rings. The number of carbonyl (C=O) groups excluding carboxylic acids is 1. The van der Waals surface area contributed by atoms with E-state index in [1.807, 2.05) is 39.0 Å². The normalized spacial score (nSPS) is 19.0. The van der Waals surface area contributed by atoms with Gasteiger partial charge in [0.25, 0.3) is 0 Å². The maximum Gasteiger partial charge on any atom is 0.220 e. The van der Waals surface area contributed by atoms with Crippen molar-refractivity contribution in [3.8, 4) is 11.5 Å². The molecule has 0 spiro atoms. The van der Waals surface area contributed by atoms with Crippen molar-refractivity contribution in [2.75, 3.05) is 20.2 Å². The summed E-state index contributed by atoms with van der Waals surface area (Å²) < 4.78 is 11.2. The molecular weight excluding hydrogens is 364 g/mol. The van der Waals surface area contributed by atoms with Crippen molar-refractivity contribution < 1.29 is 14.3 Å². The van der Waals surface area contributed by atoms with E-state index in [9.17, 15) is 4.79 Å². The highest BCUT2D eigenvalue weighted by Gasteiger charge is 2.23. The number of halogens is 1. The van der Waals surface area contributed by atoms with E-state index < -0.39 is 0 Å². The van der Waals surface area contributed by atoms with Crippen LogP contribution in [0.25, 0.3) is 0 Å². The van der Waals surface area contributed by atoms with Crippen molar-refractivity contribution in [3.05, 3.63) is 23.8 Å². The van der Waals surface area contributed by atoms with Crippen LogP contribution in [0.4, 0.5) is 0 Å². The van der Waals surface area contributed by atoms with E-state index in [1.54, 1.807) is 7.11 Å².